The average molecular weight is 405 g/mol. The van der Waals surface area contributed by atoms with Crippen LogP contribution < -0.4 is 4.90 Å². The molecule has 2 amide bonds. The molecule has 0 bridgehead atoms. The number of nitrogens with zero attached hydrogens (tertiary/aromatic N) is 2. The van der Waals surface area contributed by atoms with Gasteiger partial charge in [-0.2, -0.15) is 0 Å². The molecule has 2 aliphatic heterocycles. The summed E-state index contributed by atoms with van der Waals surface area (Å²) < 4.78 is 14.3. The van der Waals surface area contributed by atoms with Crippen molar-refractivity contribution in [2.24, 2.45) is 0 Å². The Hall–Kier alpha value is -2.37. The molecule has 2 aliphatic rings. The third-order valence-corrected chi connectivity index (χ3v) is 5.32. The largest absolute Gasteiger partial charge is 0.366 e. The van der Waals surface area contributed by atoms with Gasteiger partial charge in [-0.05, 0) is 37.1 Å². The second-order valence-electron chi connectivity index (χ2n) is 6.44. The first-order chi connectivity index (χ1) is 13.0. The summed E-state index contributed by atoms with van der Waals surface area (Å²) in [4.78, 5) is 29.2. The van der Waals surface area contributed by atoms with E-state index < -0.39 is 17.6 Å². The highest BCUT2D eigenvalue weighted by molar-refractivity contribution is 6.47. The van der Waals surface area contributed by atoms with Crippen LogP contribution in [-0.4, -0.2) is 29.8 Å². The van der Waals surface area contributed by atoms with Crippen molar-refractivity contribution in [3.8, 4) is 0 Å². The second-order valence-corrected chi connectivity index (χ2v) is 7.28. The van der Waals surface area contributed by atoms with Crippen molar-refractivity contribution >= 4 is 46.3 Å². The van der Waals surface area contributed by atoms with E-state index in [2.05, 4.69) is 0 Å². The monoisotopic (exact) mass is 404 g/mol. The Morgan fingerprint density at radius 3 is 2.30 bits per heavy atom. The maximum absolute atomic E-state index is 14.3. The summed E-state index contributed by atoms with van der Waals surface area (Å²) in [7, 11) is 0. The van der Waals surface area contributed by atoms with Crippen molar-refractivity contribution < 1.29 is 14.0 Å². The lowest BCUT2D eigenvalue weighted by Gasteiger charge is -2.20. The highest BCUT2D eigenvalue weighted by Gasteiger charge is 2.44. The van der Waals surface area contributed by atoms with Crippen LogP contribution in [-0.2, 0) is 9.59 Å². The Bertz CT molecular complexity index is 984. The van der Waals surface area contributed by atoms with E-state index in [1.807, 2.05) is 4.90 Å². The molecule has 0 aromatic heterocycles. The molecule has 27 heavy (non-hydrogen) atoms. The summed E-state index contributed by atoms with van der Waals surface area (Å²) in [6.45, 7) is 1.32. The Kier molecular flexibility index (Phi) is 4.66. The summed E-state index contributed by atoms with van der Waals surface area (Å²) in [6.07, 6.45) is 1.85. The summed E-state index contributed by atoms with van der Waals surface area (Å²) >= 11 is 12.3. The smallest absolute Gasteiger partial charge is 0.282 e. The van der Waals surface area contributed by atoms with Crippen molar-refractivity contribution in [2.45, 2.75) is 12.8 Å². The van der Waals surface area contributed by atoms with Crippen LogP contribution in [0.5, 0.6) is 0 Å². The first-order valence-electron chi connectivity index (χ1n) is 8.57. The summed E-state index contributed by atoms with van der Waals surface area (Å²) in [5, 5.41) is 0.695. The highest BCUT2D eigenvalue weighted by Crippen LogP contribution is 2.39. The number of likely N-dealkylation sites (tertiary alicyclic amines) is 1. The van der Waals surface area contributed by atoms with Crippen LogP contribution in [0.1, 0.15) is 18.4 Å². The Balaban J connectivity index is 1.89. The van der Waals surface area contributed by atoms with E-state index >= 15 is 0 Å². The molecule has 2 aromatic rings. The van der Waals surface area contributed by atoms with E-state index in [-0.39, 0.29) is 22.0 Å². The highest BCUT2D eigenvalue weighted by atomic mass is 35.5. The first-order valence-corrected chi connectivity index (χ1v) is 9.32. The topological polar surface area (TPSA) is 40.6 Å². The molecule has 2 aromatic carbocycles. The predicted molar refractivity (Wildman–Crippen MR) is 103 cm³/mol. The Morgan fingerprint density at radius 2 is 1.63 bits per heavy atom. The lowest BCUT2D eigenvalue weighted by Crippen LogP contribution is -2.35. The normalized spacial score (nSPS) is 17.4. The standard InChI is InChI=1S/C20H15Cl2FN2O2/c21-12-7-8-13(14(22)11-12)17-18(24-9-3-4-10-24)20(27)25(19(17)26)16-6-2-1-5-15(16)23/h1-2,5-8,11H,3-4,9-10H2. The molecule has 4 rings (SSSR count). The van der Waals surface area contributed by atoms with Gasteiger partial charge in [0.25, 0.3) is 11.8 Å². The van der Waals surface area contributed by atoms with Gasteiger partial charge in [-0.3, -0.25) is 9.59 Å². The number of hydrogen-bond acceptors (Lipinski definition) is 3. The van der Waals surface area contributed by atoms with Gasteiger partial charge >= 0.3 is 0 Å². The zero-order valence-corrected chi connectivity index (χ0v) is 15.7. The van der Waals surface area contributed by atoms with Gasteiger partial charge in [0.2, 0.25) is 0 Å². The molecular weight excluding hydrogens is 390 g/mol. The second kappa shape index (κ2) is 6.98. The van der Waals surface area contributed by atoms with E-state index in [0.29, 0.717) is 23.7 Å². The van der Waals surface area contributed by atoms with Crippen LogP contribution in [0, 0.1) is 5.82 Å². The molecule has 0 saturated carbocycles. The lowest BCUT2D eigenvalue weighted by molar-refractivity contribution is -0.120. The van der Waals surface area contributed by atoms with E-state index in [4.69, 9.17) is 23.2 Å². The van der Waals surface area contributed by atoms with Gasteiger partial charge in [0.05, 0.1) is 16.3 Å². The minimum absolute atomic E-state index is 0.0655. The van der Waals surface area contributed by atoms with Crippen LogP contribution in [0.25, 0.3) is 5.57 Å². The average Bonchev–Trinajstić information content (AvgIpc) is 3.23. The zero-order chi connectivity index (χ0) is 19.1. The molecule has 0 aliphatic carbocycles. The molecule has 0 radical (unpaired) electrons. The predicted octanol–water partition coefficient (Wildman–Crippen LogP) is 4.51. The van der Waals surface area contributed by atoms with Gasteiger partial charge in [-0.25, -0.2) is 9.29 Å². The SMILES string of the molecule is O=C1C(c2ccc(Cl)cc2Cl)=C(N2CCCC2)C(=O)N1c1ccccc1F. The number of carbonyl (C=O) groups excluding carboxylic acids is 2. The molecule has 0 unspecified atom stereocenters. The number of para-hydroxylation sites is 1. The molecule has 7 heteroatoms. The van der Waals surface area contributed by atoms with Crippen LogP contribution in [0.4, 0.5) is 10.1 Å². The molecule has 2 heterocycles. The molecule has 0 N–H and O–H groups in total. The zero-order valence-electron chi connectivity index (χ0n) is 14.2. The van der Waals surface area contributed by atoms with E-state index in [9.17, 15) is 14.0 Å². The third-order valence-electron chi connectivity index (χ3n) is 4.78. The molecule has 4 nitrogen and oxygen atoms in total. The maximum atomic E-state index is 14.3. The summed E-state index contributed by atoms with van der Waals surface area (Å²) in [6, 6.07) is 10.5. The quantitative estimate of drug-likeness (QED) is 0.706. The van der Waals surface area contributed by atoms with Crippen LogP contribution >= 0.6 is 23.2 Å². The van der Waals surface area contributed by atoms with Gasteiger partial charge < -0.3 is 4.90 Å². The third kappa shape index (κ3) is 3.01. The number of carbonyl (C=O) groups is 2. The van der Waals surface area contributed by atoms with E-state index in [1.54, 1.807) is 18.2 Å². The number of anilines is 1. The van der Waals surface area contributed by atoms with E-state index in [0.717, 1.165) is 17.7 Å². The summed E-state index contributed by atoms with van der Waals surface area (Å²) in [5.74, 6) is -1.76. The fourth-order valence-electron chi connectivity index (χ4n) is 3.54. The first kappa shape index (κ1) is 18.0. The maximum Gasteiger partial charge on any atom is 0.282 e. The van der Waals surface area contributed by atoms with Crippen molar-refractivity contribution in [3.05, 3.63) is 69.6 Å². The molecule has 1 saturated heterocycles. The number of amides is 2. The van der Waals surface area contributed by atoms with Gasteiger partial charge in [0.1, 0.15) is 11.5 Å². The number of halogens is 3. The number of rotatable bonds is 3. The number of benzene rings is 2. The lowest BCUT2D eigenvalue weighted by atomic mass is 10.0. The van der Waals surface area contributed by atoms with Gasteiger partial charge in [-0.1, -0.05) is 41.4 Å². The Morgan fingerprint density at radius 1 is 0.926 bits per heavy atom. The van der Waals surface area contributed by atoms with Crippen molar-refractivity contribution in [1.29, 1.82) is 0 Å². The van der Waals surface area contributed by atoms with E-state index in [1.165, 1.54) is 24.3 Å². The van der Waals surface area contributed by atoms with Crippen LogP contribution in [0.3, 0.4) is 0 Å². The number of hydrogen-bond donors (Lipinski definition) is 0. The molecular formula is C20H15Cl2FN2O2. The van der Waals surface area contributed by atoms with Crippen molar-refractivity contribution in [1.82, 2.24) is 4.90 Å². The minimum Gasteiger partial charge on any atom is -0.366 e. The summed E-state index contributed by atoms with van der Waals surface area (Å²) in [5.41, 5.74) is 0.807. The van der Waals surface area contributed by atoms with Crippen molar-refractivity contribution in [2.75, 3.05) is 18.0 Å². The molecule has 0 spiro atoms. The molecule has 138 valence electrons. The van der Waals surface area contributed by atoms with Gasteiger partial charge in [0, 0.05) is 23.7 Å². The fraction of sp³-hybridized carbons (Fsp3) is 0.200. The fourth-order valence-corrected chi connectivity index (χ4v) is 4.04. The Labute approximate surface area is 165 Å². The number of imide groups is 1. The van der Waals surface area contributed by atoms with Crippen molar-refractivity contribution in [3.63, 3.8) is 0 Å². The molecule has 0 atom stereocenters. The van der Waals surface area contributed by atoms with Gasteiger partial charge in [0.15, 0.2) is 0 Å². The van der Waals surface area contributed by atoms with Crippen LogP contribution in [0.15, 0.2) is 48.2 Å². The van der Waals surface area contributed by atoms with Crippen LogP contribution in [0.2, 0.25) is 10.0 Å². The minimum atomic E-state index is -0.636. The van der Waals surface area contributed by atoms with Gasteiger partial charge in [-0.15, -0.1) is 0 Å². The molecule has 1 fully saturated rings.